The molecule has 0 unspecified atom stereocenters. The van der Waals surface area contributed by atoms with Gasteiger partial charge in [0.15, 0.2) is 0 Å². The van der Waals surface area contributed by atoms with Crippen molar-refractivity contribution in [3.63, 3.8) is 0 Å². The van der Waals surface area contributed by atoms with E-state index in [1.807, 2.05) is 6.07 Å². The van der Waals surface area contributed by atoms with Crippen molar-refractivity contribution in [2.45, 2.75) is 6.54 Å². The van der Waals surface area contributed by atoms with Crippen LogP contribution in [0.5, 0.6) is 5.75 Å². The zero-order valence-corrected chi connectivity index (χ0v) is 11.1. The normalized spacial score (nSPS) is 17.9. The summed E-state index contributed by atoms with van der Waals surface area (Å²) < 4.78 is 5.55. The van der Waals surface area contributed by atoms with Crippen LogP contribution in [0.4, 0.5) is 0 Å². The Kier molecular flexibility index (Phi) is 4.99. The minimum atomic E-state index is 0.558. The molecule has 0 saturated carbocycles. The molecule has 2 rings (SSSR count). The number of likely N-dealkylation sites (N-methyl/N-ethyl adjacent to an activating group) is 1. The Morgan fingerprint density at radius 3 is 2.72 bits per heavy atom. The lowest BCUT2D eigenvalue weighted by atomic mass is 10.2. The third-order valence-electron chi connectivity index (χ3n) is 3.29. The van der Waals surface area contributed by atoms with E-state index >= 15 is 0 Å². The van der Waals surface area contributed by atoms with E-state index in [0.717, 1.165) is 38.5 Å². The van der Waals surface area contributed by atoms with E-state index in [1.165, 1.54) is 5.56 Å². The molecule has 1 heterocycles. The summed E-state index contributed by atoms with van der Waals surface area (Å²) in [5.74, 6) is 0.923. The van der Waals surface area contributed by atoms with E-state index in [9.17, 15) is 0 Å². The van der Waals surface area contributed by atoms with Gasteiger partial charge in [-0.3, -0.25) is 4.90 Å². The first-order chi connectivity index (χ1) is 8.78. The lowest BCUT2D eigenvalue weighted by molar-refractivity contribution is 0.148. The molecule has 100 valence electrons. The Balaban J connectivity index is 1.88. The number of nitrogens with zero attached hydrogens (tertiary/aromatic N) is 2. The van der Waals surface area contributed by atoms with Gasteiger partial charge >= 0.3 is 0 Å². The Morgan fingerprint density at radius 2 is 2.00 bits per heavy atom. The second kappa shape index (κ2) is 6.73. The van der Waals surface area contributed by atoms with Crippen LogP contribution in [0.2, 0.25) is 0 Å². The summed E-state index contributed by atoms with van der Waals surface area (Å²) in [5, 5.41) is 0. The molecule has 1 aliphatic heterocycles. The van der Waals surface area contributed by atoms with Crippen LogP contribution in [0.25, 0.3) is 0 Å². The fourth-order valence-electron chi connectivity index (χ4n) is 2.17. The van der Waals surface area contributed by atoms with Crippen molar-refractivity contribution in [3.8, 4) is 5.75 Å². The molecule has 0 aliphatic carbocycles. The topological polar surface area (TPSA) is 41.7 Å². The number of hydrogen-bond donors (Lipinski definition) is 1. The maximum atomic E-state index is 5.55. The van der Waals surface area contributed by atoms with E-state index in [4.69, 9.17) is 10.5 Å². The van der Waals surface area contributed by atoms with Crippen molar-refractivity contribution < 1.29 is 4.74 Å². The summed E-state index contributed by atoms with van der Waals surface area (Å²) in [6.45, 7) is 6.75. The van der Waals surface area contributed by atoms with Crippen LogP contribution < -0.4 is 10.5 Å². The zero-order chi connectivity index (χ0) is 12.8. The van der Waals surface area contributed by atoms with Gasteiger partial charge in [0.2, 0.25) is 0 Å². The predicted octanol–water partition coefficient (Wildman–Crippen LogP) is 0.771. The second-order valence-electron chi connectivity index (χ2n) is 4.86. The van der Waals surface area contributed by atoms with Crippen molar-refractivity contribution in [3.05, 3.63) is 29.8 Å². The predicted molar refractivity (Wildman–Crippen MR) is 73.8 cm³/mol. The number of rotatable bonds is 5. The number of piperazine rings is 1. The number of ether oxygens (including phenoxy) is 1. The molecular weight excluding hydrogens is 226 g/mol. The highest BCUT2D eigenvalue weighted by atomic mass is 16.5. The summed E-state index contributed by atoms with van der Waals surface area (Å²) >= 11 is 0. The number of hydrogen-bond acceptors (Lipinski definition) is 4. The van der Waals surface area contributed by atoms with Crippen LogP contribution in [-0.2, 0) is 6.54 Å². The van der Waals surface area contributed by atoms with Crippen molar-refractivity contribution in [2.75, 3.05) is 46.4 Å². The molecule has 2 N–H and O–H groups in total. The first-order valence-corrected chi connectivity index (χ1v) is 6.60. The van der Waals surface area contributed by atoms with E-state index in [2.05, 4.69) is 35.0 Å². The molecule has 4 heteroatoms. The highest BCUT2D eigenvalue weighted by Crippen LogP contribution is 2.15. The molecule has 4 nitrogen and oxygen atoms in total. The van der Waals surface area contributed by atoms with Crippen LogP contribution in [0.15, 0.2) is 24.3 Å². The van der Waals surface area contributed by atoms with Gasteiger partial charge in [-0.05, 0) is 24.7 Å². The highest BCUT2D eigenvalue weighted by Gasteiger charge is 2.13. The van der Waals surface area contributed by atoms with Crippen LogP contribution >= 0.6 is 0 Å². The van der Waals surface area contributed by atoms with Gasteiger partial charge in [-0.25, -0.2) is 0 Å². The van der Waals surface area contributed by atoms with Gasteiger partial charge in [0.1, 0.15) is 12.4 Å². The second-order valence-corrected chi connectivity index (χ2v) is 4.86. The summed E-state index contributed by atoms with van der Waals surface area (Å²) in [4.78, 5) is 4.86. The molecule has 0 spiro atoms. The van der Waals surface area contributed by atoms with Crippen LogP contribution in [0.3, 0.4) is 0 Å². The Labute approximate surface area is 109 Å². The smallest absolute Gasteiger partial charge is 0.119 e. The standard InChI is InChI=1S/C14H23N3O/c1-16-6-8-17(9-7-16)12-13-3-2-4-14(11-13)18-10-5-15/h2-4,11H,5-10,12,15H2,1H3. The van der Waals surface area contributed by atoms with Gasteiger partial charge in [0.05, 0.1) is 0 Å². The third kappa shape index (κ3) is 3.98. The van der Waals surface area contributed by atoms with Crippen molar-refractivity contribution in [1.82, 2.24) is 9.80 Å². The van der Waals surface area contributed by atoms with E-state index in [0.29, 0.717) is 13.2 Å². The molecule has 0 atom stereocenters. The first kappa shape index (κ1) is 13.3. The zero-order valence-electron chi connectivity index (χ0n) is 11.1. The SMILES string of the molecule is CN1CCN(Cc2cccc(OCCN)c2)CC1. The molecule has 1 aliphatic rings. The Hall–Kier alpha value is -1.10. The van der Waals surface area contributed by atoms with E-state index in [-0.39, 0.29) is 0 Å². The molecular formula is C14H23N3O. The molecule has 1 aromatic carbocycles. The van der Waals surface area contributed by atoms with Gasteiger partial charge in [0, 0.05) is 39.3 Å². The van der Waals surface area contributed by atoms with Crippen molar-refractivity contribution in [1.29, 1.82) is 0 Å². The summed E-state index contributed by atoms with van der Waals surface area (Å²) in [7, 11) is 2.18. The van der Waals surface area contributed by atoms with Crippen LogP contribution in [0.1, 0.15) is 5.56 Å². The summed E-state index contributed by atoms with van der Waals surface area (Å²) in [5.41, 5.74) is 6.75. The Morgan fingerprint density at radius 1 is 1.22 bits per heavy atom. The fraction of sp³-hybridized carbons (Fsp3) is 0.571. The van der Waals surface area contributed by atoms with Crippen molar-refractivity contribution in [2.24, 2.45) is 5.73 Å². The monoisotopic (exact) mass is 249 g/mol. The van der Waals surface area contributed by atoms with Gasteiger partial charge < -0.3 is 15.4 Å². The van der Waals surface area contributed by atoms with Gasteiger partial charge in [0.25, 0.3) is 0 Å². The van der Waals surface area contributed by atoms with Crippen LogP contribution in [0, 0.1) is 0 Å². The minimum Gasteiger partial charge on any atom is -0.492 e. The largest absolute Gasteiger partial charge is 0.492 e. The quantitative estimate of drug-likeness (QED) is 0.837. The average Bonchev–Trinajstić information content (AvgIpc) is 2.40. The Bertz CT molecular complexity index is 362. The molecule has 0 bridgehead atoms. The van der Waals surface area contributed by atoms with E-state index < -0.39 is 0 Å². The maximum absolute atomic E-state index is 5.55. The molecule has 1 saturated heterocycles. The lowest BCUT2D eigenvalue weighted by Crippen LogP contribution is -2.43. The van der Waals surface area contributed by atoms with Crippen LogP contribution in [-0.4, -0.2) is 56.2 Å². The fourth-order valence-corrected chi connectivity index (χ4v) is 2.17. The van der Waals surface area contributed by atoms with E-state index in [1.54, 1.807) is 0 Å². The average molecular weight is 249 g/mol. The third-order valence-corrected chi connectivity index (χ3v) is 3.29. The molecule has 1 fully saturated rings. The first-order valence-electron chi connectivity index (χ1n) is 6.60. The number of benzene rings is 1. The molecule has 0 aromatic heterocycles. The van der Waals surface area contributed by atoms with Gasteiger partial charge in [-0.1, -0.05) is 12.1 Å². The number of nitrogens with two attached hydrogens (primary N) is 1. The molecule has 1 aromatic rings. The molecule has 18 heavy (non-hydrogen) atoms. The van der Waals surface area contributed by atoms with Crippen molar-refractivity contribution >= 4 is 0 Å². The van der Waals surface area contributed by atoms with Gasteiger partial charge in [-0.2, -0.15) is 0 Å². The summed E-state index contributed by atoms with van der Waals surface area (Å²) in [6.07, 6.45) is 0. The lowest BCUT2D eigenvalue weighted by Gasteiger charge is -2.32. The maximum Gasteiger partial charge on any atom is 0.119 e. The minimum absolute atomic E-state index is 0.558. The molecule has 0 radical (unpaired) electrons. The summed E-state index contributed by atoms with van der Waals surface area (Å²) in [6, 6.07) is 8.32. The molecule has 0 amide bonds. The highest BCUT2D eigenvalue weighted by molar-refractivity contribution is 5.28. The van der Waals surface area contributed by atoms with Gasteiger partial charge in [-0.15, -0.1) is 0 Å².